The molecule has 3 aromatic carbocycles. The largest absolute Gasteiger partial charge is 0.512 e. The normalized spacial score (nSPS) is 10.8. The smallest absolute Gasteiger partial charge is 0.507 e. The molecule has 0 spiro atoms. The third kappa shape index (κ3) is 3.98. The van der Waals surface area contributed by atoms with Crippen molar-refractivity contribution in [2.24, 2.45) is 0 Å². The third-order valence-corrected chi connectivity index (χ3v) is 5.02. The van der Waals surface area contributed by atoms with Gasteiger partial charge in [-0.3, -0.25) is 4.79 Å². The number of hydrogen-bond donors (Lipinski definition) is 3. The molecule has 162 valence electrons. The Labute approximate surface area is 181 Å². The quantitative estimate of drug-likeness (QED) is 0.274. The molecule has 8 heteroatoms. The number of ether oxygens (including phenoxy) is 2. The molecule has 0 amide bonds. The van der Waals surface area contributed by atoms with Crippen molar-refractivity contribution in [2.45, 2.75) is 13.8 Å². The molecule has 4 rings (SSSR count). The lowest BCUT2D eigenvalue weighted by Crippen LogP contribution is -2.02. The van der Waals surface area contributed by atoms with E-state index in [1.807, 2.05) is 13.8 Å². The number of aromatic hydroxyl groups is 1. The molecule has 32 heavy (non-hydrogen) atoms. The summed E-state index contributed by atoms with van der Waals surface area (Å²) in [7, 11) is 0. The molecule has 1 heterocycles. The van der Waals surface area contributed by atoms with Crippen LogP contribution < -0.4 is 9.47 Å². The lowest BCUT2D eigenvalue weighted by molar-refractivity contribution is 0.103. The number of phenolic OH excluding ortho intramolecular Hbond substituents is 1. The summed E-state index contributed by atoms with van der Waals surface area (Å²) in [5, 5.41) is 19.7. The Morgan fingerprint density at radius 2 is 1.72 bits per heavy atom. The van der Waals surface area contributed by atoms with E-state index in [4.69, 9.17) is 9.84 Å². The van der Waals surface area contributed by atoms with Gasteiger partial charge >= 0.3 is 6.16 Å². The summed E-state index contributed by atoms with van der Waals surface area (Å²) in [6.07, 6.45) is -1.43. The molecule has 0 fully saturated rings. The van der Waals surface area contributed by atoms with E-state index in [9.17, 15) is 19.1 Å². The number of carboxylic acid groups (broad SMARTS) is 1. The van der Waals surface area contributed by atoms with Gasteiger partial charge in [0.15, 0.2) is 5.78 Å². The van der Waals surface area contributed by atoms with Crippen LogP contribution in [0.4, 0.5) is 9.18 Å². The van der Waals surface area contributed by atoms with E-state index in [-0.39, 0.29) is 22.8 Å². The van der Waals surface area contributed by atoms with Crippen molar-refractivity contribution in [2.75, 3.05) is 0 Å². The summed E-state index contributed by atoms with van der Waals surface area (Å²) in [5.74, 6) is -0.245. The number of ketones is 1. The first-order valence-corrected chi connectivity index (χ1v) is 9.58. The van der Waals surface area contributed by atoms with Gasteiger partial charge in [-0.15, -0.1) is 0 Å². The monoisotopic (exact) mass is 435 g/mol. The van der Waals surface area contributed by atoms with Gasteiger partial charge in [0.05, 0.1) is 5.56 Å². The molecule has 1 aromatic heterocycles. The molecule has 0 saturated heterocycles. The van der Waals surface area contributed by atoms with Crippen LogP contribution in [0.15, 0.2) is 54.6 Å². The lowest BCUT2D eigenvalue weighted by atomic mass is 10.0. The number of fused-ring (bicyclic) bond motifs is 1. The summed E-state index contributed by atoms with van der Waals surface area (Å²) in [6.45, 7) is 3.64. The molecule has 0 bridgehead atoms. The van der Waals surface area contributed by atoms with Crippen molar-refractivity contribution in [3.63, 3.8) is 0 Å². The molecule has 0 saturated carbocycles. The second kappa shape index (κ2) is 8.07. The average Bonchev–Trinajstić information content (AvgIpc) is 3.14. The Balaban J connectivity index is 1.69. The minimum absolute atomic E-state index is 0.0179. The van der Waals surface area contributed by atoms with Crippen LogP contribution in [0.5, 0.6) is 23.1 Å². The molecule has 3 N–H and O–H groups in total. The molecular weight excluding hydrogens is 417 g/mol. The highest BCUT2D eigenvalue weighted by molar-refractivity contribution is 6.10. The van der Waals surface area contributed by atoms with Crippen molar-refractivity contribution >= 4 is 22.8 Å². The number of aromatic nitrogens is 1. The molecule has 0 radical (unpaired) electrons. The molecule has 0 unspecified atom stereocenters. The summed E-state index contributed by atoms with van der Waals surface area (Å²) in [4.78, 5) is 26.5. The number of carbonyl (C=O) groups is 2. The topological polar surface area (TPSA) is 109 Å². The van der Waals surface area contributed by atoms with Crippen LogP contribution >= 0.6 is 0 Å². The van der Waals surface area contributed by atoms with Crippen LogP contribution in [-0.2, 0) is 0 Å². The van der Waals surface area contributed by atoms with Crippen LogP contribution in [0.3, 0.4) is 0 Å². The first kappa shape index (κ1) is 20.9. The fourth-order valence-electron chi connectivity index (χ4n) is 3.51. The maximum atomic E-state index is 13.2. The fraction of sp³-hybridized carbons (Fsp3) is 0.0833. The number of rotatable bonds is 5. The lowest BCUT2D eigenvalue weighted by Gasteiger charge is -2.14. The van der Waals surface area contributed by atoms with Crippen LogP contribution in [0.2, 0.25) is 0 Å². The van der Waals surface area contributed by atoms with Gasteiger partial charge in [-0.25, -0.2) is 9.18 Å². The number of H-pyrrole nitrogens is 1. The number of phenols is 1. The van der Waals surface area contributed by atoms with Gasteiger partial charge in [-0.2, -0.15) is 0 Å². The summed E-state index contributed by atoms with van der Waals surface area (Å²) >= 11 is 0. The zero-order valence-electron chi connectivity index (χ0n) is 17.1. The second-order valence-electron chi connectivity index (χ2n) is 7.23. The Hall–Kier alpha value is -4.33. The number of halogens is 1. The number of hydrogen-bond acceptors (Lipinski definition) is 5. The summed E-state index contributed by atoms with van der Waals surface area (Å²) in [6, 6.07) is 12.7. The number of aromatic amines is 1. The predicted molar refractivity (Wildman–Crippen MR) is 114 cm³/mol. The fourth-order valence-corrected chi connectivity index (χ4v) is 3.51. The van der Waals surface area contributed by atoms with E-state index >= 15 is 0 Å². The SMILES string of the molecule is Cc1cc2[nH]c(OC(=O)O)cc2c(C)c1Oc1ccc(O)c(C(=O)c2ccc(F)cc2)c1. The highest BCUT2D eigenvalue weighted by atomic mass is 19.1. The van der Waals surface area contributed by atoms with E-state index < -0.39 is 17.8 Å². The highest BCUT2D eigenvalue weighted by Gasteiger charge is 2.18. The van der Waals surface area contributed by atoms with Crippen molar-refractivity contribution in [1.82, 2.24) is 4.98 Å². The van der Waals surface area contributed by atoms with E-state index in [1.165, 1.54) is 42.5 Å². The Bertz CT molecular complexity index is 1360. The van der Waals surface area contributed by atoms with Gasteiger partial charge in [-0.1, -0.05) is 0 Å². The summed E-state index contributed by atoms with van der Waals surface area (Å²) in [5.41, 5.74) is 2.42. The van der Waals surface area contributed by atoms with Crippen LogP contribution in [0.25, 0.3) is 10.9 Å². The Morgan fingerprint density at radius 1 is 1.00 bits per heavy atom. The van der Waals surface area contributed by atoms with Crippen LogP contribution in [0.1, 0.15) is 27.0 Å². The van der Waals surface area contributed by atoms with Crippen molar-refractivity contribution in [1.29, 1.82) is 0 Å². The molecular formula is C24H18FNO6. The van der Waals surface area contributed by atoms with Gasteiger partial charge < -0.3 is 24.7 Å². The zero-order chi connectivity index (χ0) is 23.0. The predicted octanol–water partition coefficient (Wildman–Crippen LogP) is 5.71. The van der Waals surface area contributed by atoms with Gasteiger partial charge in [0.1, 0.15) is 23.1 Å². The van der Waals surface area contributed by atoms with Gasteiger partial charge in [-0.05, 0) is 67.9 Å². The number of nitrogens with one attached hydrogen (secondary N) is 1. The summed E-state index contributed by atoms with van der Waals surface area (Å²) < 4.78 is 23.9. The molecule has 0 aliphatic carbocycles. The molecule has 7 nitrogen and oxygen atoms in total. The molecule has 4 aromatic rings. The minimum Gasteiger partial charge on any atom is -0.507 e. The van der Waals surface area contributed by atoms with Crippen molar-refractivity contribution < 1.29 is 33.7 Å². The first-order chi connectivity index (χ1) is 15.2. The van der Waals surface area contributed by atoms with Crippen LogP contribution in [-0.4, -0.2) is 27.1 Å². The van der Waals surface area contributed by atoms with Gasteiger partial charge in [0.25, 0.3) is 0 Å². The maximum absolute atomic E-state index is 13.2. The Morgan fingerprint density at radius 3 is 2.41 bits per heavy atom. The van der Waals surface area contributed by atoms with E-state index in [2.05, 4.69) is 9.72 Å². The molecule has 0 aliphatic heterocycles. The minimum atomic E-state index is -1.43. The zero-order valence-corrected chi connectivity index (χ0v) is 17.1. The third-order valence-electron chi connectivity index (χ3n) is 5.02. The van der Waals surface area contributed by atoms with Gasteiger partial charge in [0, 0.05) is 28.1 Å². The van der Waals surface area contributed by atoms with Crippen molar-refractivity contribution in [3.05, 3.63) is 82.7 Å². The van der Waals surface area contributed by atoms with Gasteiger partial charge in [0.2, 0.25) is 5.88 Å². The second-order valence-corrected chi connectivity index (χ2v) is 7.23. The van der Waals surface area contributed by atoms with Crippen LogP contribution in [0, 0.1) is 19.7 Å². The highest BCUT2D eigenvalue weighted by Crippen LogP contribution is 2.37. The first-order valence-electron chi connectivity index (χ1n) is 9.58. The molecule has 0 atom stereocenters. The number of aryl methyl sites for hydroxylation is 2. The average molecular weight is 435 g/mol. The molecule has 0 aliphatic rings. The standard InChI is InChI=1S/C24H18FNO6/c1-12-9-19-17(11-21(26-19)32-24(29)30)13(2)23(12)31-16-7-8-20(27)18(10-16)22(28)14-3-5-15(25)6-4-14/h3-11,26-27H,1-2H3,(H,29,30). The number of carbonyl (C=O) groups excluding carboxylic acids is 1. The Kier molecular flexibility index (Phi) is 5.28. The van der Waals surface area contributed by atoms with E-state index in [0.29, 0.717) is 22.4 Å². The maximum Gasteiger partial charge on any atom is 0.512 e. The van der Waals surface area contributed by atoms with Crippen molar-refractivity contribution in [3.8, 4) is 23.1 Å². The van der Waals surface area contributed by atoms with E-state index in [0.717, 1.165) is 11.1 Å². The van der Waals surface area contributed by atoms with E-state index in [1.54, 1.807) is 12.1 Å². The number of benzene rings is 3.